The minimum Gasteiger partial charge on any atom is -0.376 e. The van der Waals surface area contributed by atoms with Crippen LogP contribution in [0.5, 0.6) is 0 Å². The van der Waals surface area contributed by atoms with Crippen LogP contribution in [0.25, 0.3) is 10.8 Å². The maximum absolute atomic E-state index is 13.4. The zero-order valence-electron chi connectivity index (χ0n) is 19.3. The molecule has 6 heteroatoms. The van der Waals surface area contributed by atoms with Crippen molar-refractivity contribution in [3.8, 4) is 0 Å². The van der Waals surface area contributed by atoms with E-state index < -0.39 is 5.66 Å². The summed E-state index contributed by atoms with van der Waals surface area (Å²) in [4.78, 5) is 36.4. The molecule has 0 saturated carbocycles. The molecule has 0 atom stereocenters. The molecule has 0 amide bonds. The number of Topliss-reactive ketones (excluding diaryl/α,β-unsaturated/α-hetero) is 1. The zero-order valence-corrected chi connectivity index (χ0v) is 22.1. The Morgan fingerprint density at radius 2 is 1.12 bits per heavy atom. The third-order valence-electron chi connectivity index (χ3n) is 5.91. The maximum atomic E-state index is 13.4. The summed E-state index contributed by atoms with van der Waals surface area (Å²) in [5.74, 6) is 0.0574. The van der Waals surface area contributed by atoms with Crippen molar-refractivity contribution in [3.63, 3.8) is 0 Å². The number of rotatable bonds is 2. The topological polar surface area (TPSA) is 75.3 Å². The average molecular weight is 503 g/mol. The number of hydrogen-bond donors (Lipinski definition) is 2. The molecule has 2 aromatic carbocycles. The van der Waals surface area contributed by atoms with Gasteiger partial charge in [-0.05, 0) is 28.4 Å². The van der Waals surface area contributed by atoms with Crippen molar-refractivity contribution in [3.05, 3.63) is 58.7 Å². The molecule has 0 fully saturated rings. The number of nitrogens with one attached hydrogen (secondary N) is 2. The van der Waals surface area contributed by atoms with Crippen LogP contribution in [0.2, 0.25) is 0 Å². The summed E-state index contributed by atoms with van der Waals surface area (Å²) in [7, 11) is 0. The molecule has 0 saturated heterocycles. The van der Waals surface area contributed by atoms with Gasteiger partial charge in [0.25, 0.3) is 0 Å². The van der Waals surface area contributed by atoms with Crippen LogP contribution in [-0.2, 0) is 47.1 Å². The number of allylic oxidation sites excluding steroid dienone is 2. The Bertz CT molecular complexity index is 1120. The standard InChI is InChI=1S/C26H26N2O3.Y/c1-24(2,3)17-11-26(12-18(23(17)31)25(4,5)6)27-19-9-7-15(13-29)21-16(14-30)8-10-20(28-26)22(19)21;/h7-12,27-28H,1-6H3;/q-2;. The van der Waals surface area contributed by atoms with Crippen molar-refractivity contribution < 1.29 is 47.1 Å². The largest absolute Gasteiger partial charge is 0.376 e. The second-order valence-corrected chi connectivity index (χ2v) is 10.3. The molecule has 1 aliphatic heterocycles. The predicted octanol–water partition coefficient (Wildman–Crippen LogP) is 4.81. The molecular formula is C26H26N2O3Y-2. The number of hydrogen-bond acceptors (Lipinski definition) is 5. The van der Waals surface area contributed by atoms with E-state index in [2.05, 4.69) is 10.6 Å². The van der Waals surface area contributed by atoms with Crippen molar-refractivity contribution in [2.75, 3.05) is 10.6 Å². The first kappa shape index (κ1) is 24.5. The van der Waals surface area contributed by atoms with E-state index in [1.165, 1.54) is 0 Å². The third kappa shape index (κ3) is 3.90. The normalized spacial score (nSPS) is 17.0. The molecule has 0 bridgehead atoms. The van der Waals surface area contributed by atoms with Gasteiger partial charge in [0.05, 0.1) is 12.6 Å². The van der Waals surface area contributed by atoms with Crippen LogP contribution < -0.4 is 10.6 Å². The number of carbonyl (C=O) groups excluding carboxylic acids is 3. The Morgan fingerprint density at radius 1 is 0.719 bits per heavy atom. The van der Waals surface area contributed by atoms with E-state index in [0.29, 0.717) is 16.5 Å². The first-order valence-corrected chi connectivity index (χ1v) is 10.3. The Balaban J connectivity index is 0.00000289. The molecule has 0 aromatic heterocycles. The molecule has 5 nitrogen and oxygen atoms in total. The van der Waals surface area contributed by atoms with Crippen LogP contribution in [0.1, 0.15) is 52.7 Å². The molecule has 1 aliphatic carbocycles. The second-order valence-electron chi connectivity index (χ2n) is 10.3. The van der Waals surface area contributed by atoms with E-state index in [0.717, 1.165) is 27.9 Å². The van der Waals surface area contributed by atoms with Gasteiger partial charge in [0, 0.05) is 55.2 Å². The predicted molar refractivity (Wildman–Crippen MR) is 124 cm³/mol. The summed E-state index contributed by atoms with van der Waals surface area (Å²) >= 11 is 0. The number of benzene rings is 2. The Kier molecular flexibility index (Phi) is 6.16. The number of ketones is 1. The van der Waals surface area contributed by atoms with E-state index in [9.17, 15) is 14.4 Å². The van der Waals surface area contributed by atoms with E-state index in [-0.39, 0.29) is 49.3 Å². The maximum Gasteiger partial charge on any atom is 0.185 e. The van der Waals surface area contributed by atoms with Gasteiger partial charge in [-0.2, -0.15) is 12.1 Å². The molecule has 1 radical (unpaired) electrons. The van der Waals surface area contributed by atoms with Gasteiger partial charge in [-0.15, -0.1) is 16.5 Å². The van der Waals surface area contributed by atoms with Gasteiger partial charge in [-0.3, -0.25) is 4.79 Å². The molecule has 4 rings (SSSR count). The van der Waals surface area contributed by atoms with E-state index in [4.69, 9.17) is 0 Å². The number of anilines is 2. The summed E-state index contributed by atoms with van der Waals surface area (Å²) in [5.41, 5.74) is 2.11. The third-order valence-corrected chi connectivity index (χ3v) is 5.91. The van der Waals surface area contributed by atoms with Gasteiger partial charge in [0.15, 0.2) is 5.78 Å². The summed E-state index contributed by atoms with van der Waals surface area (Å²) < 4.78 is 0. The van der Waals surface area contributed by atoms with E-state index >= 15 is 0 Å². The van der Waals surface area contributed by atoms with Gasteiger partial charge < -0.3 is 20.2 Å². The molecule has 32 heavy (non-hydrogen) atoms. The summed E-state index contributed by atoms with van der Waals surface area (Å²) in [6.07, 6.45) is 7.76. The van der Waals surface area contributed by atoms with Gasteiger partial charge in [0.1, 0.15) is 5.66 Å². The van der Waals surface area contributed by atoms with Crippen LogP contribution >= 0.6 is 0 Å². The first-order chi connectivity index (χ1) is 14.4. The summed E-state index contributed by atoms with van der Waals surface area (Å²) in [6.45, 7) is 12.2. The molecule has 2 N–H and O–H groups in total. The smallest absolute Gasteiger partial charge is 0.185 e. The fourth-order valence-corrected chi connectivity index (χ4v) is 4.38. The fourth-order valence-electron chi connectivity index (χ4n) is 4.38. The van der Waals surface area contributed by atoms with Crippen LogP contribution in [0.15, 0.2) is 47.6 Å². The van der Waals surface area contributed by atoms with Gasteiger partial charge in [-0.1, -0.05) is 53.7 Å². The van der Waals surface area contributed by atoms with Crippen molar-refractivity contribution >= 4 is 40.5 Å². The number of carbonyl (C=O) groups is 1. The van der Waals surface area contributed by atoms with E-state index in [1.54, 1.807) is 12.1 Å². The Labute approximate surface area is 214 Å². The quantitative estimate of drug-likeness (QED) is 0.576. The van der Waals surface area contributed by atoms with Gasteiger partial charge in [-0.25, -0.2) is 0 Å². The van der Waals surface area contributed by atoms with Crippen molar-refractivity contribution in [1.29, 1.82) is 0 Å². The summed E-state index contributed by atoms with van der Waals surface area (Å²) in [5, 5.41) is 8.31. The monoisotopic (exact) mass is 503 g/mol. The fraction of sp³-hybridized carbons (Fsp3) is 0.346. The Hall–Kier alpha value is -2.11. The van der Waals surface area contributed by atoms with Crippen LogP contribution in [0, 0.1) is 10.8 Å². The Morgan fingerprint density at radius 3 is 1.47 bits per heavy atom. The van der Waals surface area contributed by atoms with Gasteiger partial charge in [0.2, 0.25) is 0 Å². The summed E-state index contributed by atoms with van der Waals surface area (Å²) in [6, 6.07) is 6.93. The van der Waals surface area contributed by atoms with Crippen LogP contribution in [-0.4, -0.2) is 24.0 Å². The second kappa shape index (κ2) is 8.04. The molecule has 1 spiro atoms. The van der Waals surface area contributed by atoms with Crippen LogP contribution in [0.3, 0.4) is 0 Å². The molecule has 1 heterocycles. The van der Waals surface area contributed by atoms with Crippen LogP contribution in [0.4, 0.5) is 11.4 Å². The first-order valence-electron chi connectivity index (χ1n) is 10.3. The minimum absolute atomic E-state index is 0. The molecule has 2 aromatic rings. The molecule has 0 unspecified atom stereocenters. The van der Waals surface area contributed by atoms with Crippen molar-refractivity contribution in [2.24, 2.45) is 10.8 Å². The SMILES string of the molecule is CC(C)(C)C1=CC2(C=C(C(C)(C)C)C1=O)Nc1ccc([C-]=O)c3c([C-]=O)ccc(c13)N2.[Y]. The van der Waals surface area contributed by atoms with E-state index in [1.807, 2.05) is 78.4 Å². The zero-order chi connectivity index (χ0) is 22.8. The van der Waals surface area contributed by atoms with Crippen molar-refractivity contribution in [1.82, 2.24) is 0 Å². The molecular weight excluding hydrogens is 477 g/mol. The van der Waals surface area contributed by atoms with Crippen molar-refractivity contribution in [2.45, 2.75) is 47.2 Å². The molecule has 2 aliphatic rings. The molecule has 163 valence electrons. The average Bonchev–Trinajstić information content (AvgIpc) is 2.68. The minimum atomic E-state index is -0.822. The van der Waals surface area contributed by atoms with Gasteiger partial charge >= 0.3 is 0 Å².